The molecule has 0 N–H and O–H groups in total. The molecule has 4 heteroatoms. The van der Waals surface area contributed by atoms with Crippen LogP contribution in [-0.2, 0) is 17.9 Å². The molecule has 1 amide bonds. The zero-order valence-electron chi connectivity index (χ0n) is 14.7. The van der Waals surface area contributed by atoms with Gasteiger partial charge in [0, 0.05) is 32.2 Å². The molecule has 1 aliphatic heterocycles. The molecule has 1 aliphatic rings. The number of carbonyl (C=O) groups excluding carboxylic acids is 1. The number of halogens is 1. The van der Waals surface area contributed by atoms with Crippen LogP contribution in [0.5, 0.6) is 0 Å². The van der Waals surface area contributed by atoms with Crippen LogP contribution < -0.4 is 0 Å². The Labute approximate surface area is 149 Å². The molecular weight excluding hydrogens is 315 g/mol. The number of rotatable bonds is 5. The van der Waals surface area contributed by atoms with Crippen LogP contribution >= 0.6 is 0 Å². The second-order valence-corrected chi connectivity index (χ2v) is 6.85. The molecule has 0 saturated carbocycles. The summed E-state index contributed by atoms with van der Waals surface area (Å²) in [6, 6.07) is 17.0. The van der Waals surface area contributed by atoms with Crippen molar-refractivity contribution in [3.63, 3.8) is 0 Å². The highest BCUT2D eigenvalue weighted by Crippen LogP contribution is 2.21. The van der Waals surface area contributed by atoms with E-state index in [9.17, 15) is 9.18 Å². The Morgan fingerprint density at radius 1 is 1.16 bits per heavy atom. The van der Waals surface area contributed by atoms with Crippen molar-refractivity contribution >= 4 is 5.91 Å². The SMILES string of the molecule is CN(Cc1ccccc1F)C(=O)C1CCCN(Cc2ccccc2)C1. The van der Waals surface area contributed by atoms with Gasteiger partial charge in [0.05, 0.1) is 5.92 Å². The number of hydrogen-bond donors (Lipinski definition) is 0. The van der Waals surface area contributed by atoms with Crippen molar-refractivity contribution in [1.29, 1.82) is 0 Å². The van der Waals surface area contributed by atoms with Crippen molar-refractivity contribution in [2.45, 2.75) is 25.9 Å². The monoisotopic (exact) mass is 340 g/mol. The van der Waals surface area contributed by atoms with Gasteiger partial charge >= 0.3 is 0 Å². The normalized spacial score (nSPS) is 18.1. The summed E-state index contributed by atoms with van der Waals surface area (Å²) in [7, 11) is 1.77. The number of hydrogen-bond acceptors (Lipinski definition) is 2. The molecule has 1 heterocycles. The molecule has 2 aromatic carbocycles. The Morgan fingerprint density at radius 3 is 2.64 bits per heavy atom. The first-order chi connectivity index (χ1) is 12.1. The Morgan fingerprint density at radius 2 is 1.88 bits per heavy atom. The molecule has 1 saturated heterocycles. The van der Waals surface area contributed by atoms with Crippen molar-refractivity contribution in [3.8, 4) is 0 Å². The minimum atomic E-state index is -0.253. The summed E-state index contributed by atoms with van der Waals surface area (Å²) in [5, 5.41) is 0. The van der Waals surface area contributed by atoms with Gasteiger partial charge in [-0.05, 0) is 31.0 Å². The zero-order chi connectivity index (χ0) is 17.6. The molecule has 0 spiro atoms. The van der Waals surface area contributed by atoms with Crippen LogP contribution in [-0.4, -0.2) is 35.8 Å². The molecule has 0 aromatic heterocycles. The molecule has 2 aromatic rings. The van der Waals surface area contributed by atoms with E-state index in [1.54, 1.807) is 30.1 Å². The molecule has 3 nitrogen and oxygen atoms in total. The van der Waals surface area contributed by atoms with E-state index >= 15 is 0 Å². The summed E-state index contributed by atoms with van der Waals surface area (Å²) in [6.45, 7) is 2.99. The van der Waals surface area contributed by atoms with Crippen molar-refractivity contribution < 1.29 is 9.18 Å². The summed E-state index contributed by atoms with van der Waals surface area (Å²) in [6.07, 6.45) is 1.93. The van der Waals surface area contributed by atoms with Crippen LogP contribution in [0.2, 0.25) is 0 Å². The predicted octanol–water partition coefficient (Wildman–Crippen LogP) is 3.70. The van der Waals surface area contributed by atoms with Crippen LogP contribution in [0.25, 0.3) is 0 Å². The van der Waals surface area contributed by atoms with E-state index in [-0.39, 0.29) is 17.6 Å². The van der Waals surface area contributed by atoms with E-state index in [0.717, 1.165) is 32.5 Å². The fourth-order valence-electron chi connectivity index (χ4n) is 3.51. The quantitative estimate of drug-likeness (QED) is 0.829. The molecule has 25 heavy (non-hydrogen) atoms. The molecular formula is C21H25FN2O. The maximum absolute atomic E-state index is 13.8. The van der Waals surface area contributed by atoms with E-state index in [1.807, 2.05) is 18.2 Å². The number of amides is 1. The van der Waals surface area contributed by atoms with Crippen molar-refractivity contribution in [3.05, 3.63) is 71.5 Å². The molecule has 132 valence electrons. The number of carbonyl (C=O) groups is 1. The van der Waals surface area contributed by atoms with E-state index in [1.165, 1.54) is 11.6 Å². The Bertz CT molecular complexity index is 704. The molecule has 0 aliphatic carbocycles. The highest BCUT2D eigenvalue weighted by Gasteiger charge is 2.28. The van der Waals surface area contributed by atoms with Crippen LogP contribution in [0.1, 0.15) is 24.0 Å². The topological polar surface area (TPSA) is 23.6 Å². The van der Waals surface area contributed by atoms with Crippen molar-refractivity contribution in [2.75, 3.05) is 20.1 Å². The predicted molar refractivity (Wildman–Crippen MR) is 97.3 cm³/mol. The number of piperidine rings is 1. The zero-order valence-corrected chi connectivity index (χ0v) is 14.7. The average Bonchev–Trinajstić information content (AvgIpc) is 2.64. The summed E-state index contributed by atoms with van der Waals surface area (Å²) < 4.78 is 13.8. The Kier molecular flexibility index (Phi) is 5.82. The lowest BCUT2D eigenvalue weighted by molar-refractivity contribution is -0.136. The molecule has 1 fully saturated rings. The highest BCUT2D eigenvalue weighted by atomic mass is 19.1. The first-order valence-electron chi connectivity index (χ1n) is 8.88. The summed E-state index contributed by atoms with van der Waals surface area (Å²) >= 11 is 0. The first kappa shape index (κ1) is 17.6. The molecule has 0 radical (unpaired) electrons. The van der Waals surface area contributed by atoms with Gasteiger partial charge in [-0.15, -0.1) is 0 Å². The van der Waals surface area contributed by atoms with Gasteiger partial charge in [0.2, 0.25) is 5.91 Å². The molecule has 3 rings (SSSR count). The highest BCUT2D eigenvalue weighted by molar-refractivity contribution is 5.79. The third-order valence-corrected chi connectivity index (χ3v) is 4.85. The fourth-order valence-corrected chi connectivity index (χ4v) is 3.51. The van der Waals surface area contributed by atoms with Gasteiger partial charge in [-0.3, -0.25) is 9.69 Å². The van der Waals surface area contributed by atoms with Gasteiger partial charge in [-0.25, -0.2) is 4.39 Å². The minimum Gasteiger partial charge on any atom is -0.341 e. The largest absolute Gasteiger partial charge is 0.341 e. The van der Waals surface area contributed by atoms with Gasteiger partial charge in [-0.1, -0.05) is 48.5 Å². The lowest BCUT2D eigenvalue weighted by Gasteiger charge is -2.34. The van der Waals surface area contributed by atoms with Gasteiger partial charge < -0.3 is 4.90 Å². The smallest absolute Gasteiger partial charge is 0.227 e. The minimum absolute atomic E-state index is 0.00534. The van der Waals surface area contributed by atoms with Crippen LogP contribution in [0.15, 0.2) is 54.6 Å². The summed E-state index contributed by atoms with van der Waals surface area (Å²) in [5.74, 6) is -0.147. The van der Waals surface area contributed by atoms with Gasteiger partial charge in [0.1, 0.15) is 5.82 Å². The number of likely N-dealkylation sites (tertiary alicyclic amines) is 1. The second-order valence-electron chi connectivity index (χ2n) is 6.85. The fraction of sp³-hybridized carbons (Fsp3) is 0.381. The third-order valence-electron chi connectivity index (χ3n) is 4.85. The van der Waals surface area contributed by atoms with Gasteiger partial charge in [0.25, 0.3) is 0 Å². The van der Waals surface area contributed by atoms with E-state index in [0.29, 0.717) is 12.1 Å². The van der Waals surface area contributed by atoms with Crippen LogP contribution in [0, 0.1) is 11.7 Å². The number of nitrogens with zero attached hydrogens (tertiary/aromatic N) is 2. The van der Waals surface area contributed by atoms with E-state index in [4.69, 9.17) is 0 Å². The van der Waals surface area contributed by atoms with Gasteiger partial charge in [-0.2, -0.15) is 0 Å². The summed E-state index contributed by atoms with van der Waals surface area (Å²) in [4.78, 5) is 16.8. The lowest BCUT2D eigenvalue weighted by atomic mass is 9.96. The van der Waals surface area contributed by atoms with Crippen molar-refractivity contribution in [1.82, 2.24) is 9.80 Å². The van der Waals surface area contributed by atoms with Crippen LogP contribution in [0.4, 0.5) is 4.39 Å². The standard InChI is InChI=1S/C21H25FN2O/c1-23(15-18-10-5-6-12-20(18)22)21(25)19-11-7-13-24(16-19)14-17-8-3-2-4-9-17/h2-6,8-10,12,19H,7,11,13-16H2,1H3. The number of benzene rings is 2. The maximum atomic E-state index is 13.8. The maximum Gasteiger partial charge on any atom is 0.227 e. The third kappa shape index (κ3) is 4.67. The molecule has 1 unspecified atom stereocenters. The van der Waals surface area contributed by atoms with Crippen LogP contribution in [0.3, 0.4) is 0 Å². The second kappa shape index (κ2) is 8.26. The Hall–Kier alpha value is -2.20. The van der Waals surface area contributed by atoms with Crippen molar-refractivity contribution in [2.24, 2.45) is 5.92 Å². The van der Waals surface area contributed by atoms with Gasteiger partial charge in [0.15, 0.2) is 0 Å². The summed E-state index contributed by atoms with van der Waals surface area (Å²) in [5.41, 5.74) is 1.84. The van der Waals surface area contributed by atoms with E-state index in [2.05, 4.69) is 17.0 Å². The molecule has 1 atom stereocenters. The van der Waals surface area contributed by atoms with E-state index < -0.39 is 0 Å². The first-order valence-corrected chi connectivity index (χ1v) is 8.88. The Balaban J connectivity index is 1.58. The average molecular weight is 340 g/mol. The lowest BCUT2D eigenvalue weighted by Crippen LogP contribution is -2.43. The molecule has 0 bridgehead atoms.